The zero-order chi connectivity index (χ0) is 26.6. The van der Waals surface area contributed by atoms with Gasteiger partial charge in [-0.05, 0) is 54.6 Å². The van der Waals surface area contributed by atoms with Crippen molar-refractivity contribution in [3.8, 4) is 0 Å². The lowest BCUT2D eigenvalue weighted by Crippen LogP contribution is -2.52. The first-order chi connectivity index (χ1) is 17.7. The van der Waals surface area contributed by atoms with Crippen LogP contribution in [0.4, 0.5) is 15.8 Å². The summed E-state index contributed by atoms with van der Waals surface area (Å²) in [4.78, 5) is 31.6. The molecule has 1 aliphatic rings. The highest BCUT2D eigenvalue weighted by molar-refractivity contribution is 9.10. The van der Waals surface area contributed by atoms with Gasteiger partial charge in [-0.15, -0.1) is 0 Å². The Bertz CT molecular complexity index is 1380. The lowest BCUT2D eigenvalue weighted by molar-refractivity contribution is -0.129. The van der Waals surface area contributed by atoms with Gasteiger partial charge in [-0.3, -0.25) is 14.5 Å². The number of amides is 2. The minimum absolute atomic E-state index is 0.0369. The molecule has 0 radical (unpaired) electrons. The van der Waals surface area contributed by atoms with Crippen LogP contribution in [0.15, 0.2) is 82.2 Å². The number of halogens is 2. The largest absolute Gasteiger partial charge is 0.367 e. The molecule has 0 bridgehead atoms. The molecule has 1 aliphatic heterocycles. The van der Waals surface area contributed by atoms with Crippen LogP contribution < -0.4 is 9.80 Å². The Kier molecular flexibility index (Phi) is 8.29. The maximum atomic E-state index is 13.8. The van der Waals surface area contributed by atoms with Crippen LogP contribution in [0.2, 0.25) is 0 Å². The van der Waals surface area contributed by atoms with Crippen molar-refractivity contribution >= 4 is 49.0 Å². The van der Waals surface area contributed by atoms with Gasteiger partial charge in [0.15, 0.2) is 9.84 Å². The number of hydrogen-bond donors (Lipinski definition) is 0. The molecule has 7 nitrogen and oxygen atoms in total. The summed E-state index contributed by atoms with van der Waals surface area (Å²) in [5.74, 6) is -1.24. The Morgan fingerprint density at radius 3 is 2.22 bits per heavy atom. The van der Waals surface area contributed by atoms with Crippen molar-refractivity contribution in [2.45, 2.75) is 11.8 Å². The van der Waals surface area contributed by atoms with Gasteiger partial charge in [-0.1, -0.05) is 41.1 Å². The number of sulfone groups is 1. The summed E-state index contributed by atoms with van der Waals surface area (Å²) in [5.41, 5.74) is 1.51. The number of benzene rings is 3. The summed E-state index contributed by atoms with van der Waals surface area (Å²) in [7, 11) is -3.63. The quantitative estimate of drug-likeness (QED) is 0.410. The van der Waals surface area contributed by atoms with E-state index in [-0.39, 0.29) is 29.0 Å². The Morgan fingerprint density at radius 2 is 1.59 bits per heavy atom. The van der Waals surface area contributed by atoms with Crippen LogP contribution in [0.3, 0.4) is 0 Å². The highest BCUT2D eigenvalue weighted by atomic mass is 79.9. The predicted molar refractivity (Wildman–Crippen MR) is 145 cm³/mol. The van der Waals surface area contributed by atoms with Crippen LogP contribution >= 0.6 is 15.9 Å². The highest BCUT2D eigenvalue weighted by Gasteiger charge is 2.28. The fourth-order valence-corrected chi connectivity index (χ4v) is 5.61. The number of para-hydroxylation sites is 1. The summed E-state index contributed by atoms with van der Waals surface area (Å²) < 4.78 is 39.8. The maximum absolute atomic E-state index is 13.8. The van der Waals surface area contributed by atoms with E-state index in [9.17, 15) is 22.4 Å². The van der Waals surface area contributed by atoms with Crippen molar-refractivity contribution in [2.24, 2.45) is 0 Å². The van der Waals surface area contributed by atoms with E-state index in [1.54, 1.807) is 41.3 Å². The van der Waals surface area contributed by atoms with Crippen molar-refractivity contribution in [3.63, 3.8) is 0 Å². The van der Waals surface area contributed by atoms with Gasteiger partial charge in [0.2, 0.25) is 5.91 Å². The van der Waals surface area contributed by atoms with Gasteiger partial charge in [0.05, 0.1) is 16.3 Å². The summed E-state index contributed by atoms with van der Waals surface area (Å²) in [5, 5.41) is 0. The number of carbonyl (C=O) groups excluding carboxylic acids is 2. The van der Waals surface area contributed by atoms with Crippen LogP contribution in [-0.2, 0) is 14.6 Å². The molecule has 1 fully saturated rings. The van der Waals surface area contributed by atoms with E-state index in [1.165, 1.54) is 24.0 Å². The first kappa shape index (κ1) is 26.8. The first-order valence-corrected chi connectivity index (χ1v) is 14.3. The van der Waals surface area contributed by atoms with Gasteiger partial charge in [-0.25, -0.2) is 12.8 Å². The van der Waals surface area contributed by atoms with Gasteiger partial charge in [0.25, 0.3) is 5.91 Å². The molecule has 0 N–H and O–H groups in total. The number of piperazine rings is 1. The Balaban J connectivity index is 1.49. The molecule has 37 heavy (non-hydrogen) atoms. The number of anilines is 2. The summed E-state index contributed by atoms with van der Waals surface area (Å²) in [6.45, 7) is 2.85. The molecule has 3 aromatic carbocycles. The second-order valence-corrected chi connectivity index (χ2v) is 11.8. The summed E-state index contributed by atoms with van der Waals surface area (Å²) in [6, 6.07) is 19.8. The van der Waals surface area contributed by atoms with Crippen LogP contribution in [0.25, 0.3) is 0 Å². The van der Waals surface area contributed by atoms with Gasteiger partial charge in [0.1, 0.15) is 12.4 Å². The molecule has 4 rings (SSSR count). The lowest BCUT2D eigenvalue weighted by atomic mass is 10.1. The third-order valence-electron chi connectivity index (χ3n) is 6.31. The maximum Gasteiger partial charge on any atom is 0.258 e. The van der Waals surface area contributed by atoms with Crippen LogP contribution in [0, 0.1) is 5.82 Å². The average molecular weight is 588 g/mol. The molecule has 3 aromatic rings. The fraction of sp³-hybridized carbons (Fsp3) is 0.259. The molecular formula is C27H27BrFN3O4S. The second-order valence-electron chi connectivity index (χ2n) is 8.62. The molecule has 0 atom stereocenters. The van der Waals surface area contributed by atoms with E-state index in [2.05, 4.69) is 15.9 Å². The van der Waals surface area contributed by atoms with E-state index in [4.69, 9.17) is 0 Å². The molecular weight excluding hydrogens is 561 g/mol. The zero-order valence-corrected chi connectivity index (χ0v) is 22.7. The molecule has 1 saturated heterocycles. The topological polar surface area (TPSA) is 78.0 Å². The van der Waals surface area contributed by atoms with E-state index < -0.39 is 15.7 Å². The SMILES string of the molecule is CCS(=O)(=O)c1cc(F)ccc1N1CCN(C(=O)CN(C(=O)c2ccc(Br)cc2)c2ccccc2)CC1. The summed E-state index contributed by atoms with van der Waals surface area (Å²) >= 11 is 3.37. The Hall–Kier alpha value is -3.24. The molecule has 0 unspecified atom stereocenters. The van der Waals surface area contributed by atoms with Gasteiger partial charge in [0, 0.05) is 41.9 Å². The van der Waals surface area contributed by atoms with Crippen LogP contribution in [-0.4, -0.2) is 63.6 Å². The zero-order valence-electron chi connectivity index (χ0n) is 20.3. The van der Waals surface area contributed by atoms with Crippen LogP contribution in [0.1, 0.15) is 17.3 Å². The highest BCUT2D eigenvalue weighted by Crippen LogP contribution is 2.28. The van der Waals surface area contributed by atoms with Gasteiger partial charge >= 0.3 is 0 Å². The molecule has 1 heterocycles. The third-order valence-corrected chi connectivity index (χ3v) is 8.59. The number of rotatable bonds is 7. The normalized spacial score (nSPS) is 13.9. The third kappa shape index (κ3) is 6.19. The van der Waals surface area contributed by atoms with Crippen molar-refractivity contribution in [1.82, 2.24) is 4.90 Å². The molecule has 0 saturated carbocycles. The van der Waals surface area contributed by atoms with E-state index >= 15 is 0 Å². The van der Waals surface area contributed by atoms with Crippen molar-refractivity contribution in [2.75, 3.05) is 48.3 Å². The van der Waals surface area contributed by atoms with E-state index in [1.807, 2.05) is 23.1 Å². The number of carbonyl (C=O) groups is 2. The molecule has 0 aromatic heterocycles. The lowest BCUT2D eigenvalue weighted by Gasteiger charge is -2.37. The van der Waals surface area contributed by atoms with Crippen molar-refractivity contribution in [1.29, 1.82) is 0 Å². The standard InChI is InChI=1S/C27H27BrFN3O4S/c1-2-37(35,36)25-18-22(29)12-13-24(25)30-14-16-31(17-15-30)26(33)19-32(23-6-4-3-5-7-23)27(34)20-8-10-21(28)11-9-20/h3-13,18H,2,14-17,19H2,1H3. The Morgan fingerprint density at radius 1 is 0.946 bits per heavy atom. The molecule has 10 heteroatoms. The Labute approximate surface area is 224 Å². The molecule has 2 amide bonds. The number of hydrogen-bond acceptors (Lipinski definition) is 5. The minimum atomic E-state index is -3.63. The molecule has 0 spiro atoms. The number of nitrogens with zero attached hydrogens (tertiary/aromatic N) is 3. The van der Waals surface area contributed by atoms with Gasteiger partial charge < -0.3 is 9.80 Å². The fourth-order valence-electron chi connectivity index (χ4n) is 4.22. The van der Waals surface area contributed by atoms with Crippen molar-refractivity contribution in [3.05, 3.63) is 88.6 Å². The van der Waals surface area contributed by atoms with Crippen molar-refractivity contribution < 1.29 is 22.4 Å². The second kappa shape index (κ2) is 11.4. The first-order valence-electron chi connectivity index (χ1n) is 11.9. The molecule has 194 valence electrons. The average Bonchev–Trinajstić information content (AvgIpc) is 2.92. The summed E-state index contributed by atoms with van der Waals surface area (Å²) in [6.07, 6.45) is 0. The van der Waals surface area contributed by atoms with Gasteiger partial charge in [-0.2, -0.15) is 0 Å². The minimum Gasteiger partial charge on any atom is -0.367 e. The van der Waals surface area contributed by atoms with E-state index in [0.717, 1.165) is 10.5 Å². The van der Waals surface area contributed by atoms with E-state index in [0.29, 0.717) is 43.1 Å². The monoisotopic (exact) mass is 587 g/mol. The predicted octanol–water partition coefficient (Wildman–Crippen LogP) is 4.38. The van der Waals surface area contributed by atoms with Crippen LogP contribution in [0.5, 0.6) is 0 Å². The smallest absolute Gasteiger partial charge is 0.258 e. The molecule has 0 aliphatic carbocycles.